The van der Waals surface area contributed by atoms with E-state index in [4.69, 9.17) is 9.47 Å². The third-order valence-electron chi connectivity index (χ3n) is 4.43. The van der Waals surface area contributed by atoms with E-state index in [0.29, 0.717) is 38.1 Å². The van der Waals surface area contributed by atoms with E-state index in [2.05, 4.69) is 0 Å². The molecule has 1 heterocycles. The number of benzene rings is 2. The maximum atomic E-state index is 13.9. The molecule has 1 aliphatic rings. The van der Waals surface area contributed by atoms with Gasteiger partial charge in [-0.05, 0) is 30.2 Å². The van der Waals surface area contributed by atoms with Gasteiger partial charge in [-0.3, -0.25) is 4.79 Å². The van der Waals surface area contributed by atoms with Crippen molar-refractivity contribution in [3.8, 4) is 5.75 Å². The molecule has 25 heavy (non-hydrogen) atoms. The highest BCUT2D eigenvalue weighted by molar-refractivity contribution is 5.76. The number of amides is 1. The van der Waals surface area contributed by atoms with Crippen LogP contribution in [-0.2, 0) is 16.0 Å². The number of ether oxygens (including phenoxy) is 2. The number of methoxy groups -OCH3 is 1. The van der Waals surface area contributed by atoms with Gasteiger partial charge in [-0.2, -0.15) is 0 Å². The second-order valence-corrected chi connectivity index (χ2v) is 6.07. The minimum absolute atomic E-state index is 0.0625. The van der Waals surface area contributed by atoms with Crippen molar-refractivity contribution in [1.29, 1.82) is 0 Å². The summed E-state index contributed by atoms with van der Waals surface area (Å²) >= 11 is 0. The summed E-state index contributed by atoms with van der Waals surface area (Å²) in [6.45, 7) is 1.35. The fraction of sp³-hybridized carbons (Fsp3) is 0.350. The number of hydrogen-bond donors (Lipinski definition) is 0. The molecule has 0 N–H and O–H groups in total. The molecule has 4 nitrogen and oxygen atoms in total. The van der Waals surface area contributed by atoms with Crippen LogP contribution in [-0.4, -0.2) is 37.6 Å². The van der Waals surface area contributed by atoms with E-state index in [1.54, 1.807) is 30.2 Å². The molecule has 1 atom stereocenters. The van der Waals surface area contributed by atoms with Gasteiger partial charge < -0.3 is 14.4 Å². The van der Waals surface area contributed by atoms with Crippen LogP contribution in [0.4, 0.5) is 4.39 Å². The van der Waals surface area contributed by atoms with E-state index in [1.165, 1.54) is 6.07 Å². The Hall–Kier alpha value is -2.40. The van der Waals surface area contributed by atoms with Crippen LogP contribution in [0.1, 0.15) is 23.7 Å². The van der Waals surface area contributed by atoms with Gasteiger partial charge in [-0.25, -0.2) is 4.39 Å². The second-order valence-electron chi connectivity index (χ2n) is 6.07. The molecule has 1 saturated heterocycles. The van der Waals surface area contributed by atoms with Crippen LogP contribution in [0, 0.1) is 5.82 Å². The van der Waals surface area contributed by atoms with Gasteiger partial charge >= 0.3 is 0 Å². The lowest BCUT2D eigenvalue weighted by Crippen LogP contribution is -2.42. The summed E-state index contributed by atoms with van der Waals surface area (Å²) in [6.07, 6.45) is 0.658. The first-order valence-corrected chi connectivity index (χ1v) is 8.44. The molecule has 0 bridgehead atoms. The van der Waals surface area contributed by atoms with Gasteiger partial charge in [0.05, 0.1) is 20.3 Å². The molecular weight excluding hydrogens is 321 g/mol. The Morgan fingerprint density at radius 3 is 2.92 bits per heavy atom. The zero-order chi connectivity index (χ0) is 17.6. The van der Waals surface area contributed by atoms with E-state index < -0.39 is 6.10 Å². The number of halogens is 1. The molecule has 0 aromatic heterocycles. The molecule has 1 fully saturated rings. The Labute approximate surface area is 147 Å². The number of nitrogens with zero attached hydrogens (tertiary/aromatic N) is 1. The van der Waals surface area contributed by atoms with Crippen molar-refractivity contribution in [2.45, 2.75) is 18.9 Å². The predicted octanol–water partition coefficient (Wildman–Crippen LogP) is 3.37. The molecule has 2 aromatic rings. The van der Waals surface area contributed by atoms with Gasteiger partial charge in [0.1, 0.15) is 17.7 Å². The molecular formula is C20H22FNO3. The summed E-state index contributed by atoms with van der Waals surface area (Å²) < 4.78 is 24.8. The highest BCUT2D eigenvalue weighted by atomic mass is 19.1. The van der Waals surface area contributed by atoms with Crippen LogP contribution < -0.4 is 4.74 Å². The first-order chi connectivity index (χ1) is 12.2. The molecule has 5 heteroatoms. The van der Waals surface area contributed by atoms with Gasteiger partial charge in [0, 0.05) is 18.5 Å². The van der Waals surface area contributed by atoms with Crippen molar-refractivity contribution >= 4 is 5.91 Å². The predicted molar refractivity (Wildman–Crippen MR) is 93.0 cm³/mol. The standard InChI is InChI=1S/C20H22FNO3/c1-24-16-6-4-5-15(13-16)9-10-20(23)22-11-12-25-19(14-22)17-7-2-3-8-18(17)21/h2-8,13,19H,9-12,14H2,1H3. The third-order valence-corrected chi connectivity index (χ3v) is 4.43. The summed E-state index contributed by atoms with van der Waals surface area (Å²) in [6, 6.07) is 14.3. The third kappa shape index (κ3) is 4.37. The molecule has 0 radical (unpaired) electrons. The lowest BCUT2D eigenvalue weighted by atomic mass is 10.1. The molecule has 0 saturated carbocycles. The summed E-state index contributed by atoms with van der Waals surface area (Å²) in [5.41, 5.74) is 1.57. The molecule has 132 valence electrons. The average Bonchev–Trinajstić information content (AvgIpc) is 2.66. The molecule has 1 aliphatic heterocycles. The monoisotopic (exact) mass is 343 g/mol. The van der Waals surface area contributed by atoms with Crippen molar-refractivity contribution in [2.24, 2.45) is 0 Å². The van der Waals surface area contributed by atoms with Gasteiger partial charge in [0.25, 0.3) is 0 Å². The van der Waals surface area contributed by atoms with Gasteiger partial charge in [0.2, 0.25) is 5.91 Å². The zero-order valence-corrected chi connectivity index (χ0v) is 14.3. The van der Waals surface area contributed by atoms with E-state index in [-0.39, 0.29) is 11.7 Å². The minimum Gasteiger partial charge on any atom is -0.497 e. The number of aryl methyl sites for hydroxylation is 1. The van der Waals surface area contributed by atoms with Crippen molar-refractivity contribution < 1.29 is 18.7 Å². The van der Waals surface area contributed by atoms with Gasteiger partial charge in [-0.1, -0.05) is 30.3 Å². The molecule has 3 rings (SSSR count). The number of rotatable bonds is 5. The number of morpholine rings is 1. The maximum absolute atomic E-state index is 13.9. The lowest BCUT2D eigenvalue weighted by molar-refractivity contribution is -0.139. The number of carbonyl (C=O) groups is 1. The number of carbonyl (C=O) groups excluding carboxylic acids is 1. The van der Waals surface area contributed by atoms with Gasteiger partial charge in [-0.15, -0.1) is 0 Å². The number of hydrogen-bond acceptors (Lipinski definition) is 3. The molecule has 0 aliphatic carbocycles. The smallest absolute Gasteiger partial charge is 0.223 e. The molecule has 1 amide bonds. The minimum atomic E-state index is -0.407. The normalized spacial score (nSPS) is 17.4. The van der Waals surface area contributed by atoms with E-state index in [9.17, 15) is 9.18 Å². The summed E-state index contributed by atoms with van der Waals surface area (Å²) in [7, 11) is 1.63. The van der Waals surface area contributed by atoms with Gasteiger partial charge in [0.15, 0.2) is 0 Å². The maximum Gasteiger partial charge on any atom is 0.223 e. The van der Waals surface area contributed by atoms with Crippen molar-refractivity contribution in [3.63, 3.8) is 0 Å². The Balaban J connectivity index is 1.59. The van der Waals surface area contributed by atoms with Crippen molar-refractivity contribution in [3.05, 3.63) is 65.5 Å². The lowest BCUT2D eigenvalue weighted by Gasteiger charge is -2.33. The summed E-state index contributed by atoms with van der Waals surface area (Å²) in [5, 5.41) is 0. The topological polar surface area (TPSA) is 38.8 Å². The van der Waals surface area contributed by atoms with Crippen LogP contribution in [0.2, 0.25) is 0 Å². The Morgan fingerprint density at radius 2 is 2.12 bits per heavy atom. The van der Waals surface area contributed by atoms with E-state index in [1.807, 2.05) is 24.3 Å². The largest absolute Gasteiger partial charge is 0.497 e. The molecule has 1 unspecified atom stereocenters. The fourth-order valence-electron chi connectivity index (χ4n) is 3.04. The van der Waals surface area contributed by atoms with Crippen molar-refractivity contribution in [2.75, 3.05) is 26.8 Å². The van der Waals surface area contributed by atoms with E-state index in [0.717, 1.165) is 11.3 Å². The van der Waals surface area contributed by atoms with Crippen LogP contribution in [0.25, 0.3) is 0 Å². The SMILES string of the molecule is COc1cccc(CCC(=O)N2CCOC(c3ccccc3F)C2)c1. The summed E-state index contributed by atoms with van der Waals surface area (Å²) in [4.78, 5) is 14.3. The van der Waals surface area contributed by atoms with Crippen LogP contribution >= 0.6 is 0 Å². The van der Waals surface area contributed by atoms with Crippen LogP contribution in [0.15, 0.2) is 48.5 Å². The highest BCUT2D eigenvalue weighted by Crippen LogP contribution is 2.25. The molecule has 0 spiro atoms. The van der Waals surface area contributed by atoms with E-state index >= 15 is 0 Å². The summed E-state index contributed by atoms with van der Waals surface area (Å²) in [5.74, 6) is 0.557. The molecule has 2 aromatic carbocycles. The Bertz CT molecular complexity index is 734. The highest BCUT2D eigenvalue weighted by Gasteiger charge is 2.26. The average molecular weight is 343 g/mol. The van der Waals surface area contributed by atoms with Crippen LogP contribution in [0.3, 0.4) is 0 Å². The fourth-order valence-corrected chi connectivity index (χ4v) is 3.04. The zero-order valence-electron chi connectivity index (χ0n) is 14.3. The first-order valence-electron chi connectivity index (χ1n) is 8.44. The van der Waals surface area contributed by atoms with Crippen LogP contribution in [0.5, 0.6) is 5.75 Å². The second kappa shape index (κ2) is 8.12. The Morgan fingerprint density at radius 1 is 1.28 bits per heavy atom. The van der Waals surface area contributed by atoms with Crippen molar-refractivity contribution in [1.82, 2.24) is 4.90 Å². The first kappa shape index (κ1) is 17.4. The quantitative estimate of drug-likeness (QED) is 0.835. The Kier molecular flexibility index (Phi) is 5.66.